The van der Waals surface area contributed by atoms with Gasteiger partial charge in [0.1, 0.15) is 0 Å². The molecule has 6 heteroatoms. The first-order chi connectivity index (χ1) is 14.7. The first-order valence-corrected chi connectivity index (χ1v) is 10.8. The minimum absolute atomic E-state index is 0.0643. The van der Waals surface area contributed by atoms with E-state index in [0.717, 1.165) is 44.1 Å². The zero-order valence-electron chi connectivity index (χ0n) is 18.0. The summed E-state index contributed by atoms with van der Waals surface area (Å²) < 4.78 is 0. The van der Waals surface area contributed by atoms with Crippen molar-refractivity contribution >= 4 is 23.2 Å². The molecule has 0 saturated carbocycles. The third-order valence-corrected chi connectivity index (χ3v) is 5.33. The number of rotatable bonds is 9. The number of carbonyl (C=O) groups excluding carboxylic acids is 1. The van der Waals surface area contributed by atoms with Gasteiger partial charge >= 0.3 is 0 Å². The van der Waals surface area contributed by atoms with E-state index in [-0.39, 0.29) is 11.8 Å². The van der Waals surface area contributed by atoms with Crippen LogP contribution in [-0.2, 0) is 4.79 Å². The highest BCUT2D eigenvalue weighted by molar-refractivity contribution is 5.94. The Bertz CT molecular complexity index is 836. The third kappa shape index (κ3) is 6.24. The van der Waals surface area contributed by atoms with E-state index in [2.05, 4.69) is 65.2 Å². The molecule has 0 saturated heterocycles. The SMILES string of the molecule is CCNC(=NCC1CC(=O)Nc2ccccc21)NCCCCN(C)c1ccccc1. The normalized spacial score (nSPS) is 15.9. The van der Waals surface area contributed by atoms with Gasteiger partial charge < -0.3 is 20.9 Å². The van der Waals surface area contributed by atoms with Crippen molar-refractivity contribution in [3.05, 3.63) is 60.2 Å². The van der Waals surface area contributed by atoms with Gasteiger partial charge in [-0.1, -0.05) is 36.4 Å². The fourth-order valence-electron chi connectivity index (χ4n) is 3.70. The van der Waals surface area contributed by atoms with Gasteiger partial charge in [-0.05, 0) is 43.5 Å². The number of fused-ring (bicyclic) bond motifs is 1. The Hall–Kier alpha value is -3.02. The number of anilines is 2. The Morgan fingerprint density at radius 2 is 1.87 bits per heavy atom. The molecule has 1 amide bonds. The lowest BCUT2D eigenvalue weighted by atomic mass is 9.91. The number of aliphatic imine (C=N–C) groups is 1. The highest BCUT2D eigenvalue weighted by atomic mass is 16.1. The largest absolute Gasteiger partial charge is 0.375 e. The Balaban J connectivity index is 1.46. The van der Waals surface area contributed by atoms with E-state index >= 15 is 0 Å². The zero-order chi connectivity index (χ0) is 21.2. The van der Waals surface area contributed by atoms with Crippen molar-refractivity contribution in [2.24, 2.45) is 4.99 Å². The molecule has 3 N–H and O–H groups in total. The maximum Gasteiger partial charge on any atom is 0.225 e. The molecule has 0 bridgehead atoms. The molecule has 2 aromatic rings. The fourth-order valence-corrected chi connectivity index (χ4v) is 3.70. The summed E-state index contributed by atoms with van der Waals surface area (Å²) in [6.45, 7) is 5.36. The van der Waals surface area contributed by atoms with Crippen molar-refractivity contribution in [1.29, 1.82) is 0 Å². The van der Waals surface area contributed by atoms with E-state index < -0.39 is 0 Å². The van der Waals surface area contributed by atoms with E-state index in [4.69, 9.17) is 4.99 Å². The summed E-state index contributed by atoms with van der Waals surface area (Å²) in [5.74, 6) is 0.997. The molecule has 1 heterocycles. The molecule has 2 aromatic carbocycles. The summed E-state index contributed by atoms with van der Waals surface area (Å²) in [5.41, 5.74) is 3.33. The van der Waals surface area contributed by atoms with Crippen LogP contribution in [0.3, 0.4) is 0 Å². The van der Waals surface area contributed by atoms with Crippen molar-refractivity contribution in [1.82, 2.24) is 10.6 Å². The molecule has 0 fully saturated rings. The van der Waals surface area contributed by atoms with Gasteiger partial charge in [0.05, 0.1) is 6.54 Å². The van der Waals surface area contributed by atoms with Crippen LogP contribution in [0.25, 0.3) is 0 Å². The molecule has 1 aliphatic heterocycles. The molecule has 3 rings (SSSR count). The van der Waals surface area contributed by atoms with E-state index in [1.165, 1.54) is 11.3 Å². The number of amides is 1. The van der Waals surface area contributed by atoms with Gasteiger partial charge in [-0.15, -0.1) is 0 Å². The van der Waals surface area contributed by atoms with Gasteiger partial charge in [-0.3, -0.25) is 9.79 Å². The second kappa shape index (κ2) is 11.2. The van der Waals surface area contributed by atoms with Crippen molar-refractivity contribution in [3.63, 3.8) is 0 Å². The molecule has 0 radical (unpaired) electrons. The molecular formula is C24H33N5O. The predicted molar refractivity (Wildman–Crippen MR) is 125 cm³/mol. The summed E-state index contributed by atoms with van der Waals surface area (Å²) in [6.07, 6.45) is 2.65. The number of para-hydroxylation sites is 2. The first kappa shape index (κ1) is 21.7. The highest BCUT2D eigenvalue weighted by Gasteiger charge is 2.24. The molecule has 6 nitrogen and oxygen atoms in total. The molecule has 1 aliphatic rings. The van der Waals surface area contributed by atoms with Crippen LogP contribution in [0, 0.1) is 0 Å². The van der Waals surface area contributed by atoms with Gasteiger partial charge in [-0.2, -0.15) is 0 Å². The lowest BCUT2D eigenvalue weighted by Gasteiger charge is -2.24. The predicted octanol–water partition coefficient (Wildman–Crippen LogP) is 3.58. The van der Waals surface area contributed by atoms with E-state index in [0.29, 0.717) is 13.0 Å². The summed E-state index contributed by atoms with van der Waals surface area (Å²) in [5, 5.41) is 9.69. The van der Waals surface area contributed by atoms with Crippen molar-refractivity contribution < 1.29 is 4.79 Å². The van der Waals surface area contributed by atoms with Crippen LogP contribution in [0.1, 0.15) is 37.7 Å². The standard InChI is InChI=1S/C24H33N5O/c1-3-25-24(26-15-9-10-16-29(2)20-11-5-4-6-12-20)27-18-19-17-23(30)28-22-14-8-7-13-21(19)22/h4-8,11-14,19H,3,9-10,15-18H2,1-2H3,(H,28,30)(H2,25,26,27). The Labute approximate surface area is 179 Å². The van der Waals surface area contributed by atoms with Crippen LogP contribution < -0.4 is 20.9 Å². The monoisotopic (exact) mass is 407 g/mol. The number of benzene rings is 2. The van der Waals surface area contributed by atoms with Crippen molar-refractivity contribution in [2.75, 3.05) is 43.4 Å². The lowest BCUT2D eigenvalue weighted by Crippen LogP contribution is -2.38. The van der Waals surface area contributed by atoms with E-state index in [1.807, 2.05) is 24.3 Å². The average molecular weight is 408 g/mol. The fraction of sp³-hybridized carbons (Fsp3) is 0.417. The van der Waals surface area contributed by atoms with E-state index in [9.17, 15) is 4.79 Å². The molecular weight excluding hydrogens is 374 g/mol. The number of unbranched alkanes of at least 4 members (excludes halogenated alkanes) is 1. The van der Waals surface area contributed by atoms with Crippen LogP contribution in [-0.4, -0.2) is 45.1 Å². The number of hydrogen-bond acceptors (Lipinski definition) is 3. The molecule has 160 valence electrons. The van der Waals surface area contributed by atoms with Gasteiger partial charge in [0, 0.05) is 50.4 Å². The minimum atomic E-state index is 0.0643. The maximum atomic E-state index is 12.0. The summed E-state index contributed by atoms with van der Waals surface area (Å²) in [4.78, 5) is 19.1. The topological polar surface area (TPSA) is 68.8 Å². The Morgan fingerprint density at radius 3 is 2.67 bits per heavy atom. The summed E-state index contributed by atoms with van der Waals surface area (Å²) in [6, 6.07) is 18.5. The number of nitrogens with zero attached hydrogens (tertiary/aromatic N) is 2. The Morgan fingerprint density at radius 1 is 1.10 bits per heavy atom. The number of guanidine groups is 1. The molecule has 0 aromatic heterocycles. The van der Waals surface area contributed by atoms with Crippen LogP contribution in [0.2, 0.25) is 0 Å². The van der Waals surface area contributed by atoms with Gasteiger partial charge in [0.2, 0.25) is 5.91 Å². The number of nitrogens with one attached hydrogen (secondary N) is 3. The molecule has 30 heavy (non-hydrogen) atoms. The second-order valence-corrected chi connectivity index (χ2v) is 7.65. The van der Waals surface area contributed by atoms with Gasteiger partial charge in [-0.25, -0.2) is 0 Å². The average Bonchev–Trinajstić information content (AvgIpc) is 2.77. The quantitative estimate of drug-likeness (QED) is 0.338. The van der Waals surface area contributed by atoms with Gasteiger partial charge in [0.15, 0.2) is 5.96 Å². The number of carbonyl (C=O) groups is 1. The smallest absolute Gasteiger partial charge is 0.225 e. The summed E-state index contributed by atoms with van der Waals surface area (Å²) >= 11 is 0. The van der Waals surface area contributed by atoms with E-state index in [1.54, 1.807) is 0 Å². The second-order valence-electron chi connectivity index (χ2n) is 7.65. The van der Waals surface area contributed by atoms with Crippen molar-refractivity contribution in [2.45, 2.75) is 32.1 Å². The summed E-state index contributed by atoms with van der Waals surface area (Å²) in [7, 11) is 2.13. The van der Waals surface area contributed by atoms with Gasteiger partial charge in [0.25, 0.3) is 0 Å². The van der Waals surface area contributed by atoms with Crippen LogP contribution in [0.5, 0.6) is 0 Å². The van der Waals surface area contributed by atoms with Crippen molar-refractivity contribution in [3.8, 4) is 0 Å². The highest BCUT2D eigenvalue weighted by Crippen LogP contribution is 2.31. The zero-order valence-corrected chi connectivity index (χ0v) is 18.0. The molecule has 1 unspecified atom stereocenters. The van der Waals surface area contributed by atoms with Crippen LogP contribution in [0.15, 0.2) is 59.6 Å². The van der Waals surface area contributed by atoms with Crippen LogP contribution >= 0.6 is 0 Å². The molecule has 0 aliphatic carbocycles. The van der Waals surface area contributed by atoms with Crippen LogP contribution in [0.4, 0.5) is 11.4 Å². The maximum absolute atomic E-state index is 12.0. The third-order valence-electron chi connectivity index (χ3n) is 5.33. The molecule has 1 atom stereocenters. The minimum Gasteiger partial charge on any atom is -0.375 e. The molecule has 0 spiro atoms. The first-order valence-electron chi connectivity index (χ1n) is 10.8. The Kier molecular flexibility index (Phi) is 8.12. The number of hydrogen-bond donors (Lipinski definition) is 3. The lowest BCUT2D eigenvalue weighted by molar-refractivity contribution is -0.116.